The number of anilines is 2. The Bertz CT molecular complexity index is 1100. The third-order valence-electron chi connectivity index (χ3n) is 6.30. The zero-order valence-electron chi connectivity index (χ0n) is 21.1. The van der Waals surface area contributed by atoms with E-state index in [1.165, 1.54) is 6.21 Å². The van der Waals surface area contributed by atoms with Gasteiger partial charge in [-0.15, -0.1) is 0 Å². The summed E-state index contributed by atoms with van der Waals surface area (Å²) in [5.74, 6) is 0.906. The number of nitrogens with zero attached hydrogens (tertiary/aromatic N) is 3. The number of amides is 1. The van der Waals surface area contributed by atoms with Crippen molar-refractivity contribution < 1.29 is 4.79 Å². The van der Waals surface area contributed by atoms with Gasteiger partial charge in [0, 0.05) is 54.8 Å². The van der Waals surface area contributed by atoms with Gasteiger partial charge in [-0.25, -0.2) is 4.98 Å². The van der Waals surface area contributed by atoms with Gasteiger partial charge in [0.1, 0.15) is 11.6 Å². The number of carbonyl (C=O) groups is 1. The van der Waals surface area contributed by atoms with Crippen molar-refractivity contribution in [2.45, 2.75) is 59.2 Å². The average Bonchev–Trinajstić information content (AvgIpc) is 2.77. The number of aryl methyl sites for hydroxylation is 2. The zero-order chi connectivity index (χ0) is 25.0. The van der Waals surface area contributed by atoms with E-state index in [-0.39, 0.29) is 24.1 Å². The van der Waals surface area contributed by atoms with Gasteiger partial charge in [0.15, 0.2) is 0 Å². The summed E-state index contributed by atoms with van der Waals surface area (Å²) < 4.78 is 0. The molecule has 0 bridgehead atoms. The van der Waals surface area contributed by atoms with Crippen molar-refractivity contribution >= 4 is 23.8 Å². The van der Waals surface area contributed by atoms with Gasteiger partial charge in [-0.3, -0.25) is 9.59 Å². The molecule has 0 radical (unpaired) electrons. The molecular weight excluding hydrogens is 430 g/mol. The topological polar surface area (TPSA) is 117 Å². The van der Waals surface area contributed by atoms with Gasteiger partial charge >= 0.3 is 0 Å². The molecule has 1 amide bonds. The standard InChI is InChI=1S/C25H37N7O2/c1-15(2)28-23-20(13-26)19(12-22(30-23)32-9-7-18(8-10-32)31(5)6)24(33)27-14-21-16(3)11-17(4)29-25(21)34/h11-13,15,18,26H,7-10,14H2,1-6H3,(H,27,33)(H,28,30)(H,29,34). The molecule has 1 aliphatic rings. The van der Waals surface area contributed by atoms with Crippen molar-refractivity contribution in [1.82, 2.24) is 20.2 Å². The van der Waals surface area contributed by atoms with Crippen molar-refractivity contribution in [2.24, 2.45) is 0 Å². The Morgan fingerprint density at radius 2 is 1.97 bits per heavy atom. The van der Waals surface area contributed by atoms with Gasteiger partial charge in [-0.05, 0) is 72.3 Å². The van der Waals surface area contributed by atoms with Crippen LogP contribution in [0.1, 0.15) is 59.4 Å². The minimum absolute atomic E-state index is 0.0885. The fourth-order valence-corrected chi connectivity index (χ4v) is 4.40. The van der Waals surface area contributed by atoms with Gasteiger partial charge < -0.3 is 30.8 Å². The molecule has 2 aromatic heterocycles. The van der Waals surface area contributed by atoms with Gasteiger partial charge in [0.05, 0.1) is 5.56 Å². The van der Waals surface area contributed by atoms with Gasteiger partial charge in [0.25, 0.3) is 11.5 Å². The highest BCUT2D eigenvalue weighted by atomic mass is 16.1. The first-order valence-corrected chi connectivity index (χ1v) is 11.8. The molecule has 4 N–H and O–H groups in total. The lowest BCUT2D eigenvalue weighted by atomic mass is 10.0. The molecule has 0 aromatic carbocycles. The maximum Gasteiger partial charge on any atom is 0.253 e. The van der Waals surface area contributed by atoms with Crippen LogP contribution in [0.4, 0.5) is 11.6 Å². The Kier molecular flexibility index (Phi) is 8.09. The lowest BCUT2D eigenvalue weighted by Crippen LogP contribution is -2.42. The first-order chi connectivity index (χ1) is 16.1. The van der Waals surface area contributed by atoms with Gasteiger partial charge in [-0.2, -0.15) is 0 Å². The van der Waals surface area contributed by atoms with Crippen molar-refractivity contribution in [3.8, 4) is 0 Å². The maximum absolute atomic E-state index is 13.3. The summed E-state index contributed by atoms with van der Waals surface area (Å²) in [5, 5.41) is 14.2. The molecule has 9 heteroatoms. The molecule has 0 saturated carbocycles. The van der Waals surface area contributed by atoms with Crippen LogP contribution in [0.2, 0.25) is 0 Å². The van der Waals surface area contributed by atoms with Crippen LogP contribution < -0.4 is 21.1 Å². The minimum atomic E-state index is -0.337. The first kappa shape index (κ1) is 25.4. The normalized spacial score (nSPS) is 14.5. The van der Waals surface area contributed by atoms with E-state index in [0.29, 0.717) is 28.6 Å². The number of rotatable bonds is 8. The quantitative estimate of drug-likeness (QED) is 0.444. The van der Waals surface area contributed by atoms with E-state index < -0.39 is 0 Å². The summed E-state index contributed by atoms with van der Waals surface area (Å²) in [6.07, 6.45) is 3.20. The summed E-state index contributed by atoms with van der Waals surface area (Å²) in [6.45, 7) is 9.49. The molecule has 9 nitrogen and oxygen atoms in total. The predicted octanol–water partition coefficient (Wildman–Crippen LogP) is 2.67. The molecular formula is C25H37N7O2. The summed E-state index contributed by atoms with van der Waals surface area (Å²) >= 11 is 0. The van der Waals surface area contributed by atoms with Crippen molar-refractivity contribution in [2.75, 3.05) is 37.4 Å². The van der Waals surface area contributed by atoms with Crippen LogP contribution in [0.15, 0.2) is 16.9 Å². The van der Waals surface area contributed by atoms with E-state index in [9.17, 15) is 9.59 Å². The van der Waals surface area contributed by atoms with Gasteiger partial charge in [-0.1, -0.05) is 0 Å². The first-order valence-electron chi connectivity index (χ1n) is 11.8. The fraction of sp³-hybridized carbons (Fsp3) is 0.520. The van der Waals surface area contributed by atoms with Crippen molar-refractivity contribution in [3.05, 3.63) is 50.4 Å². The van der Waals surface area contributed by atoms with E-state index in [1.807, 2.05) is 33.8 Å². The molecule has 3 rings (SSSR count). The summed E-state index contributed by atoms with van der Waals surface area (Å²) in [7, 11) is 4.21. The largest absolute Gasteiger partial charge is 0.367 e. The van der Waals surface area contributed by atoms with E-state index in [2.05, 4.69) is 39.5 Å². The number of aromatic amines is 1. The lowest BCUT2D eigenvalue weighted by Gasteiger charge is -2.36. The number of hydrogen-bond donors (Lipinski definition) is 4. The Hall–Kier alpha value is -3.20. The molecule has 1 saturated heterocycles. The second-order valence-corrected chi connectivity index (χ2v) is 9.54. The number of pyridine rings is 2. The molecule has 184 valence electrons. The van der Waals surface area contributed by atoms with Crippen LogP contribution in [0.25, 0.3) is 0 Å². The van der Waals surface area contributed by atoms with Crippen LogP contribution in [-0.4, -0.2) is 66.3 Å². The number of carbonyl (C=O) groups excluding carboxylic acids is 1. The minimum Gasteiger partial charge on any atom is -0.367 e. The maximum atomic E-state index is 13.3. The summed E-state index contributed by atoms with van der Waals surface area (Å²) in [6, 6.07) is 4.27. The van der Waals surface area contributed by atoms with Crippen LogP contribution in [0.3, 0.4) is 0 Å². The highest BCUT2D eigenvalue weighted by molar-refractivity contribution is 6.05. The number of hydrogen-bond acceptors (Lipinski definition) is 7. The van der Waals surface area contributed by atoms with Crippen molar-refractivity contribution in [3.63, 3.8) is 0 Å². The summed E-state index contributed by atoms with van der Waals surface area (Å²) in [4.78, 5) is 37.7. The molecule has 2 aromatic rings. The molecule has 1 fully saturated rings. The Morgan fingerprint density at radius 3 is 2.53 bits per heavy atom. The molecule has 0 spiro atoms. The van der Waals surface area contributed by atoms with E-state index in [1.54, 1.807) is 6.07 Å². The van der Waals surface area contributed by atoms with Crippen LogP contribution in [-0.2, 0) is 6.54 Å². The highest BCUT2D eigenvalue weighted by Gasteiger charge is 2.25. The SMILES string of the molecule is Cc1cc(C)c(CNC(=O)c2cc(N3CCC(N(C)C)CC3)nc(NC(C)C)c2C=N)c(=O)[nH]1. The number of aromatic nitrogens is 2. The third kappa shape index (κ3) is 5.83. The summed E-state index contributed by atoms with van der Waals surface area (Å²) in [5.41, 5.74) is 2.74. The highest BCUT2D eigenvalue weighted by Crippen LogP contribution is 2.27. The van der Waals surface area contributed by atoms with E-state index in [0.717, 1.165) is 43.0 Å². The Labute approximate surface area is 201 Å². The van der Waals surface area contributed by atoms with Crippen LogP contribution >= 0.6 is 0 Å². The van der Waals surface area contributed by atoms with Crippen LogP contribution in [0.5, 0.6) is 0 Å². The molecule has 0 aliphatic carbocycles. The van der Waals surface area contributed by atoms with Crippen molar-refractivity contribution in [1.29, 1.82) is 5.41 Å². The number of H-pyrrole nitrogens is 1. The van der Waals surface area contributed by atoms with Gasteiger partial charge in [0.2, 0.25) is 0 Å². The molecule has 1 aliphatic heterocycles. The third-order valence-corrected chi connectivity index (χ3v) is 6.30. The molecule has 0 unspecified atom stereocenters. The monoisotopic (exact) mass is 467 g/mol. The predicted molar refractivity (Wildman–Crippen MR) is 138 cm³/mol. The number of nitrogens with one attached hydrogen (secondary N) is 4. The van der Waals surface area contributed by atoms with E-state index >= 15 is 0 Å². The Morgan fingerprint density at radius 1 is 1.29 bits per heavy atom. The smallest absolute Gasteiger partial charge is 0.253 e. The second-order valence-electron chi connectivity index (χ2n) is 9.54. The zero-order valence-corrected chi connectivity index (χ0v) is 21.1. The second kappa shape index (κ2) is 10.8. The Balaban J connectivity index is 1.91. The lowest BCUT2D eigenvalue weighted by molar-refractivity contribution is 0.0950. The molecule has 34 heavy (non-hydrogen) atoms. The molecule has 0 atom stereocenters. The molecule has 3 heterocycles. The fourth-order valence-electron chi connectivity index (χ4n) is 4.40. The van der Waals surface area contributed by atoms with E-state index in [4.69, 9.17) is 10.4 Å². The van der Waals surface area contributed by atoms with Crippen LogP contribution in [0, 0.1) is 19.3 Å². The average molecular weight is 468 g/mol. The number of piperidine rings is 1.